The number of hydrogen-bond donors (Lipinski definition) is 1. The SMILES string of the molecule is NC(=O)CC1CCCCN1C(=O)[CH]Cc1ccccc1. The van der Waals surface area contributed by atoms with Gasteiger partial charge in [0, 0.05) is 19.0 Å². The fourth-order valence-electron chi connectivity index (χ4n) is 2.67. The third-order valence-corrected chi connectivity index (χ3v) is 3.70. The molecular formula is C16H21N2O2. The zero-order valence-electron chi connectivity index (χ0n) is 11.6. The number of rotatable bonds is 5. The Labute approximate surface area is 119 Å². The molecule has 0 spiro atoms. The molecule has 1 saturated heterocycles. The van der Waals surface area contributed by atoms with Crippen molar-refractivity contribution in [1.29, 1.82) is 0 Å². The van der Waals surface area contributed by atoms with Gasteiger partial charge in [0.05, 0.1) is 6.42 Å². The van der Waals surface area contributed by atoms with Crippen LogP contribution in [0.5, 0.6) is 0 Å². The van der Waals surface area contributed by atoms with Gasteiger partial charge >= 0.3 is 0 Å². The van der Waals surface area contributed by atoms with E-state index in [0.717, 1.165) is 31.4 Å². The number of nitrogens with zero attached hydrogens (tertiary/aromatic N) is 1. The number of hydrogen-bond acceptors (Lipinski definition) is 2. The smallest absolute Gasteiger partial charge is 0.227 e. The lowest BCUT2D eigenvalue weighted by molar-refractivity contribution is -0.132. The van der Waals surface area contributed by atoms with Crippen molar-refractivity contribution < 1.29 is 9.59 Å². The zero-order valence-corrected chi connectivity index (χ0v) is 11.6. The molecule has 0 aromatic heterocycles. The second-order valence-electron chi connectivity index (χ2n) is 5.25. The first-order chi connectivity index (χ1) is 9.66. The van der Waals surface area contributed by atoms with Crippen LogP contribution in [0.15, 0.2) is 30.3 Å². The number of carbonyl (C=O) groups is 2. The van der Waals surface area contributed by atoms with Gasteiger partial charge in [0.1, 0.15) is 0 Å². The van der Waals surface area contributed by atoms with Crippen molar-refractivity contribution in [3.63, 3.8) is 0 Å². The summed E-state index contributed by atoms with van der Waals surface area (Å²) >= 11 is 0. The third-order valence-electron chi connectivity index (χ3n) is 3.70. The summed E-state index contributed by atoms with van der Waals surface area (Å²) in [6, 6.07) is 9.86. The summed E-state index contributed by atoms with van der Waals surface area (Å²) in [5.41, 5.74) is 6.38. The largest absolute Gasteiger partial charge is 0.370 e. The van der Waals surface area contributed by atoms with Crippen molar-refractivity contribution >= 4 is 11.8 Å². The third kappa shape index (κ3) is 4.08. The van der Waals surface area contributed by atoms with E-state index in [1.807, 2.05) is 30.3 Å². The topological polar surface area (TPSA) is 63.4 Å². The number of nitrogens with two attached hydrogens (primary N) is 1. The molecule has 1 aromatic rings. The second-order valence-corrected chi connectivity index (χ2v) is 5.25. The van der Waals surface area contributed by atoms with E-state index in [0.29, 0.717) is 6.42 Å². The normalized spacial score (nSPS) is 18.8. The predicted octanol–water partition coefficient (Wildman–Crippen LogP) is 1.69. The highest BCUT2D eigenvalue weighted by Gasteiger charge is 2.27. The molecule has 1 fully saturated rings. The van der Waals surface area contributed by atoms with Gasteiger partial charge in [0.2, 0.25) is 11.8 Å². The maximum absolute atomic E-state index is 12.3. The number of carbonyl (C=O) groups excluding carboxylic acids is 2. The van der Waals surface area contributed by atoms with Gasteiger partial charge in [0.25, 0.3) is 0 Å². The van der Waals surface area contributed by atoms with Gasteiger partial charge in [-0.25, -0.2) is 0 Å². The molecule has 1 aliphatic rings. The minimum atomic E-state index is -0.335. The van der Waals surface area contributed by atoms with Crippen molar-refractivity contribution in [2.24, 2.45) is 5.73 Å². The van der Waals surface area contributed by atoms with Crippen molar-refractivity contribution in [1.82, 2.24) is 4.90 Å². The fourth-order valence-corrected chi connectivity index (χ4v) is 2.67. The Hall–Kier alpha value is -1.84. The van der Waals surface area contributed by atoms with Crippen molar-refractivity contribution in [3.8, 4) is 0 Å². The van der Waals surface area contributed by atoms with E-state index >= 15 is 0 Å². The molecule has 1 radical (unpaired) electrons. The van der Waals surface area contributed by atoms with E-state index in [2.05, 4.69) is 0 Å². The highest BCUT2D eigenvalue weighted by atomic mass is 16.2. The predicted molar refractivity (Wildman–Crippen MR) is 77.6 cm³/mol. The molecule has 20 heavy (non-hydrogen) atoms. The van der Waals surface area contributed by atoms with E-state index < -0.39 is 0 Å². The summed E-state index contributed by atoms with van der Waals surface area (Å²) in [6.45, 7) is 0.724. The maximum Gasteiger partial charge on any atom is 0.227 e. The first-order valence-corrected chi connectivity index (χ1v) is 7.13. The Kier molecular flexibility index (Phi) is 5.16. The summed E-state index contributed by atoms with van der Waals surface area (Å²) < 4.78 is 0. The average Bonchev–Trinajstić information content (AvgIpc) is 2.46. The number of likely N-dealkylation sites (tertiary alicyclic amines) is 1. The van der Waals surface area contributed by atoms with Gasteiger partial charge < -0.3 is 10.6 Å². The lowest BCUT2D eigenvalue weighted by Crippen LogP contribution is -2.45. The Morgan fingerprint density at radius 2 is 2.00 bits per heavy atom. The van der Waals surface area contributed by atoms with Crippen LogP contribution in [0.25, 0.3) is 0 Å². The number of piperidine rings is 1. The minimum absolute atomic E-state index is 0.0137. The van der Waals surface area contributed by atoms with Crippen molar-refractivity contribution in [2.45, 2.75) is 38.1 Å². The first kappa shape index (κ1) is 14.6. The number of primary amides is 1. The maximum atomic E-state index is 12.3. The van der Waals surface area contributed by atoms with E-state index in [-0.39, 0.29) is 24.3 Å². The molecule has 4 nitrogen and oxygen atoms in total. The Bertz CT molecular complexity index is 459. The van der Waals surface area contributed by atoms with Crippen LogP contribution >= 0.6 is 0 Å². The standard InChI is InChI=1S/C16H21N2O2/c17-15(19)12-14-8-4-5-11-18(14)16(20)10-9-13-6-2-1-3-7-13/h1-3,6-7,10,14H,4-5,8-9,11-12H2,(H2,17,19). The molecular weight excluding hydrogens is 252 g/mol. The Morgan fingerprint density at radius 3 is 2.70 bits per heavy atom. The van der Waals surface area contributed by atoms with Gasteiger partial charge in [-0.15, -0.1) is 0 Å². The highest BCUT2D eigenvalue weighted by molar-refractivity contribution is 5.86. The van der Waals surface area contributed by atoms with Crippen LogP contribution in [-0.4, -0.2) is 29.3 Å². The molecule has 0 saturated carbocycles. The molecule has 2 rings (SSSR count). The second kappa shape index (κ2) is 7.08. The van der Waals surface area contributed by atoms with Crippen molar-refractivity contribution in [2.75, 3.05) is 6.54 Å². The molecule has 2 N–H and O–H groups in total. The summed E-state index contributed by atoms with van der Waals surface area (Å²) in [5.74, 6) is -0.322. The summed E-state index contributed by atoms with van der Waals surface area (Å²) in [6.07, 6.45) is 5.52. The van der Waals surface area contributed by atoms with Crippen LogP contribution < -0.4 is 5.73 Å². The molecule has 1 atom stereocenters. The van der Waals surface area contributed by atoms with E-state index in [9.17, 15) is 9.59 Å². The molecule has 0 aliphatic carbocycles. The molecule has 0 bridgehead atoms. The van der Waals surface area contributed by atoms with Gasteiger partial charge in [-0.2, -0.15) is 0 Å². The highest BCUT2D eigenvalue weighted by Crippen LogP contribution is 2.20. The molecule has 1 heterocycles. The molecule has 1 unspecified atom stereocenters. The molecule has 2 amide bonds. The van der Waals surface area contributed by atoms with E-state index in [1.54, 1.807) is 11.3 Å². The quantitative estimate of drug-likeness (QED) is 0.887. The Balaban J connectivity index is 1.90. The number of amides is 2. The average molecular weight is 273 g/mol. The molecule has 1 aromatic carbocycles. The van der Waals surface area contributed by atoms with Gasteiger partial charge in [-0.1, -0.05) is 30.3 Å². The van der Waals surface area contributed by atoms with E-state index in [4.69, 9.17) is 5.73 Å². The van der Waals surface area contributed by atoms with Gasteiger partial charge in [-0.3, -0.25) is 9.59 Å². The molecule has 4 heteroatoms. The van der Waals surface area contributed by atoms with Crippen LogP contribution in [-0.2, 0) is 16.0 Å². The summed E-state index contributed by atoms with van der Waals surface area (Å²) in [5, 5.41) is 0. The molecule has 107 valence electrons. The van der Waals surface area contributed by atoms with Crippen LogP contribution in [0.4, 0.5) is 0 Å². The molecule has 1 aliphatic heterocycles. The summed E-state index contributed by atoms with van der Waals surface area (Å²) in [4.78, 5) is 25.2. The number of benzene rings is 1. The van der Waals surface area contributed by atoms with Crippen LogP contribution in [0.2, 0.25) is 0 Å². The van der Waals surface area contributed by atoms with Crippen LogP contribution in [0, 0.1) is 6.42 Å². The van der Waals surface area contributed by atoms with Crippen molar-refractivity contribution in [3.05, 3.63) is 42.3 Å². The van der Waals surface area contributed by atoms with Gasteiger partial charge in [0.15, 0.2) is 0 Å². The lowest BCUT2D eigenvalue weighted by Gasteiger charge is -2.35. The lowest BCUT2D eigenvalue weighted by atomic mass is 9.98. The minimum Gasteiger partial charge on any atom is -0.370 e. The zero-order chi connectivity index (χ0) is 14.4. The fraction of sp³-hybridized carbons (Fsp3) is 0.438. The van der Waals surface area contributed by atoms with E-state index in [1.165, 1.54) is 0 Å². The van der Waals surface area contributed by atoms with Gasteiger partial charge in [-0.05, 0) is 31.2 Å². The Morgan fingerprint density at radius 1 is 1.25 bits per heavy atom. The monoisotopic (exact) mass is 273 g/mol. The van der Waals surface area contributed by atoms with Crippen LogP contribution in [0.1, 0.15) is 31.2 Å². The summed E-state index contributed by atoms with van der Waals surface area (Å²) in [7, 11) is 0. The first-order valence-electron chi connectivity index (χ1n) is 7.13. The van der Waals surface area contributed by atoms with Crippen LogP contribution in [0.3, 0.4) is 0 Å².